The molecule has 116 valence electrons. The van der Waals surface area contributed by atoms with Crippen LogP contribution in [0.25, 0.3) is 0 Å². The molecular weight excluding hydrogens is 287 g/mol. The lowest BCUT2D eigenvalue weighted by Gasteiger charge is -2.21. The normalized spacial score (nSPS) is 17.5. The van der Waals surface area contributed by atoms with Crippen LogP contribution in [0.4, 0.5) is 4.39 Å². The van der Waals surface area contributed by atoms with E-state index >= 15 is 0 Å². The van der Waals surface area contributed by atoms with Gasteiger partial charge in [-0.2, -0.15) is 5.26 Å². The van der Waals surface area contributed by atoms with E-state index in [1.54, 1.807) is 0 Å². The maximum atomic E-state index is 12.9. The molecule has 1 aliphatic rings. The minimum absolute atomic E-state index is 0.122. The van der Waals surface area contributed by atoms with Crippen molar-refractivity contribution in [2.45, 2.75) is 31.6 Å². The van der Waals surface area contributed by atoms with Crippen LogP contribution in [0, 0.1) is 22.6 Å². The zero-order valence-corrected chi connectivity index (χ0v) is 12.0. The number of carbonyl (C=O) groups excluding carboxylic acids is 1. The number of carboxylic acids is 1. The van der Waals surface area contributed by atoms with Gasteiger partial charge in [-0.3, -0.25) is 9.59 Å². The standard InChI is InChI=1S/C16H17FN2O3/c17-12-5-3-11(4-6-12)13(14(20)21)9-19-15(22)16(10-18)7-1-2-8-16/h3-6,13H,1-2,7-9H2,(H,19,22)(H,20,21). The van der Waals surface area contributed by atoms with Crippen LogP contribution in [0.2, 0.25) is 0 Å². The number of nitriles is 1. The Kier molecular flexibility index (Phi) is 4.76. The molecule has 0 spiro atoms. The molecule has 1 aromatic rings. The molecular formula is C16H17FN2O3. The van der Waals surface area contributed by atoms with Gasteiger partial charge in [-0.25, -0.2) is 4.39 Å². The lowest BCUT2D eigenvalue weighted by atomic mass is 9.86. The second-order valence-corrected chi connectivity index (χ2v) is 5.55. The number of nitrogens with zero attached hydrogens (tertiary/aromatic N) is 1. The van der Waals surface area contributed by atoms with Crippen LogP contribution in [-0.4, -0.2) is 23.5 Å². The maximum Gasteiger partial charge on any atom is 0.312 e. The number of hydrogen-bond acceptors (Lipinski definition) is 3. The van der Waals surface area contributed by atoms with Crippen molar-refractivity contribution in [2.24, 2.45) is 5.41 Å². The van der Waals surface area contributed by atoms with Gasteiger partial charge in [0.15, 0.2) is 0 Å². The predicted molar refractivity (Wildman–Crippen MR) is 76.3 cm³/mol. The highest BCUT2D eigenvalue weighted by atomic mass is 19.1. The van der Waals surface area contributed by atoms with Crippen LogP contribution in [0.1, 0.15) is 37.2 Å². The van der Waals surface area contributed by atoms with E-state index in [9.17, 15) is 24.3 Å². The van der Waals surface area contributed by atoms with Crippen LogP contribution < -0.4 is 5.32 Å². The summed E-state index contributed by atoms with van der Waals surface area (Å²) in [6.45, 7) is -0.122. The average molecular weight is 304 g/mol. The molecule has 0 aromatic heterocycles. The van der Waals surface area contributed by atoms with Crippen molar-refractivity contribution in [1.29, 1.82) is 5.26 Å². The second-order valence-electron chi connectivity index (χ2n) is 5.55. The van der Waals surface area contributed by atoms with E-state index in [4.69, 9.17) is 0 Å². The number of nitrogens with one attached hydrogen (secondary N) is 1. The Balaban J connectivity index is 2.06. The molecule has 1 aromatic carbocycles. The molecule has 6 heteroatoms. The van der Waals surface area contributed by atoms with Crippen molar-refractivity contribution >= 4 is 11.9 Å². The smallest absolute Gasteiger partial charge is 0.312 e. The van der Waals surface area contributed by atoms with Gasteiger partial charge in [0.25, 0.3) is 0 Å². The quantitative estimate of drug-likeness (QED) is 0.872. The lowest BCUT2D eigenvalue weighted by Crippen LogP contribution is -2.41. The summed E-state index contributed by atoms with van der Waals surface area (Å²) in [6.07, 6.45) is 2.65. The van der Waals surface area contributed by atoms with Gasteiger partial charge in [0.1, 0.15) is 11.2 Å². The summed E-state index contributed by atoms with van der Waals surface area (Å²) in [5.41, 5.74) is -0.627. The number of aliphatic carboxylic acids is 1. The van der Waals surface area contributed by atoms with Crippen LogP contribution in [0.5, 0.6) is 0 Å². The molecule has 0 bridgehead atoms. The molecule has 1 amide bonds. The van der Waals surface area contributed by atoms with Gasteiger partial charge < -0.3 is 10.4 Å². The van der Waals surface area contributed by atoms with Crippen molar-refractivity contribution in [2.75, 3.05) is 6.54 Å². The van der Waals surface area contributed by atoms with E-state index in [1.165, 1.54) is 24.3 Å². The van der Waals surface area contributed by atoms with Crippen LogP contribution in [0.3, 0.4) is 0 Å². The second kappa shape index (κ2) is 6.56. The third-order valence-electron chi connectivity index (χ3n) is 4.14. The first-order chi connectivity index (χ1) is 10.5. The number of halogens is 1. The first kappa shape index (κ1) is 16.0. The molecule has 22 heavy (non-hydrogen) atoms. The fourth-order valence-electron chi connectivity index (χ4n) is 2.77. The fraction of sp³-hybridized carbons (Fsp3) is 0.438. The van der Waals surface area contributed by atoms with Gasteiger partial charge >= 0.3 is 5.97 Å². The molecule has 2 N–H and O–H groups in total. The lowest BCUT2D eigenvalue weighted by molar-refractivity contribution is -0.138. The van der Waals surface area contributed by atoms with Crippen molar-refractivity contribution in [3.63, 3.8) is 0 Å². The van der Waals surface area contributed by atoms with Crippen LogP contribution in [0.15, 0.2) is 24.3 Å². The summed E-state index contributed by atoms with van der Waals surface area (Å²) in [4.78, 5) is 23.6. The average Bonchev–Trinajstić information content (AvgIpc) is 2.99. The molecule has 1 unspecified atom stereocenters. The summed E-state index contributed by atoms with van der Waals surface area (Å²) in [7, 11) is 0. The van der Waals surface area contributed by atoms with Gasteiger partial charge in [-0.15, -0.1) is 0 Å². The van der Waals surface area contributed by atoms with E-state index in [0.717, 1.165) is 12.8 Å². The summed E-state index contributed by atoms with van der Waals surface area (Å²) >= 11 is 0. The summed E-state index contributed by atoms with van der Waals surface area (Å²) in [5, 5.41) is 21.1. The third kappa shape index (κ3) is 3.25. The molecule has 2 rings (SSSR count). The van der Waals surface area contributed by atoms with E-state index in [-0.39, 0.29) is 6.54 Å². The minimum Gasteiger partial charge on any atom is -0.481 e. The monoisotopic (exact) mass is 304 g/mol. The van der Waals surface area contributed by atoms with Crippen molar-refractivity contribution < 1.29 is 19.1 Å². The fourth-order valence-corrected chi connectivity index (χ4v) is 2.77. The first-order valence-corrected chi connectivity index (χ1v) is 7.16. The summed E-state index contributed by atoms with van der Waals surface area (Å²) in [6, 6.07) is 7.20. The highest BCUT2D eigenvalue weighted by Crippen LogP contribution is 2.37. The van der Waals surface area contributed by atoms with Crippen LogP contribution >= 0.6 is 0 Å². The number of benzene rings is 1. The molecule has 0 radical (unpaired) electrons. The summed E-state index contributed by atoms with van der Waals surface area (Å²) < 4.78 is 12.9. The highest BCUT2D eigenvalue weighted by Gasteiger charge is 2.41. The minimum atomic E-state index is -1.11. The Morgan fingerprint density at radius 1 is 1.32 bits per heavy atom. The zero-order chi connectivity index (χ0) is 16.2. The molecule has 5 nitrogen and oxygen atoms in total. The maximum absolute atomic E-state index is 12.9. The van der Waals surface area contributed by atoms with Crippen molar-refractivity contribution in [1.82, 2.24) is 5.32 Å². The number of hydrogen-bond donors (Lipinski definition) is 2. The largest absolute Gasteiger partial charge is 0.481 e. The predicted octanol–water partition coefficient (Wildman–Crippen LogP) is 2.19. The zero-order valence-electron chi connectivity index (χ0n) is 12.0. The van der Waals surface area contributed by atoms with Crippen LogP contribution in [-0.2, 0) is 9.59 Å². The molecule has 0 heterocycles. The first-order valence-electron chi connectivity index (χ1n) is 7.16. The molecule has 0 aliphatic heterocycles. The Morgan fingerprint density at radius 2 is 1.91 bits per heavy atom. The topological polar surface area (TPSA) is 90.2 Å². The molecule has 1 atom stereocenters. The van der Waals surface area contributed by atoms with Crippen molar-refractivity contribution in [3.8, 4) is 6.07 Å². The Bertz CT molecular complexity index is 601. The highest BCUT2D eigenvalue weighted by molar-refractivity contribution is 5.86. The van der Waals surface area contributed by atoms with E-state index in [2.05, 4.69) is 11.4 Å². The Morgan fingerprint density at radius 3 is 2.41 bits per heavy atom. The van der Waals surface area contributed by atoms with Gasteiger partial charge in [0, 0.05) is 6.54 Å². The van der Waals surface area contributed by atoms with E-state index in [1.807, 2.05) is 0 Å². The third-order valence-corrected chi connectivity index (χ3v) is 4.14. The number of carboxylic acid groups (broad SMARTS) is 1. The number of carbonyl (C=O) groups is 2. The number of rotatable bonds is 5. The molecule has 1 saturated carbocycles. The molecule has 1 fully saturated rings. The summed E-state index contributed by atoms with van der Waals surface area (Å²) in [5.74, 6) is -2.95. The van der Waals surface area contributed by atoms with Gasteiger partial charge in [-0.05, 0) is 30.5 Å². The SMILES string of the molecule is N#CC1(C(=O)NCC(C(=O)O)c2ccc(F)cc2)CCCC1. The Labute approximate surface area is 127 Å². The number of amides is 1. The van der Waals surface area contributed by atoms with Gasteiger partial charge in [0.2, 0.25) is 5.91 Å². The Hall–Kier alpha value is -2.42. The molecule has 0 saturated heterocycles. The molecule has 1 aliphatic carbocycles. The van der Waals surface area contributed by atoms with E-state index in [0.29, 0.717) is 18.4 Å². The van der Waals surface area contributed by atoms with Crippen molar-refractivity contribution in [3.05, 3.63) is 35.6 Å². The van der Waals surface area contributed by atoms with Gasteiger partial charge in [-0.1, -0.05) is 25.0 Å². The van der Waals surface area contributed by atoms with Gasteiger partial charge in [0.05, 0.1) is 12.0 Å². The van der Waals surface area contributed by atoms with E-state index < -0.39 is 29.0 Å².